The van der Waals surface area contributed by atoms with Crippen molar-refractivity contribution in [3.05, 3.63) is 29.8 Å². The number of phenolic OH excluding ortho intramolecular Hbond substituents is 1. The Labute approximate surface area is 140 Å². The van der Waals surface area contributed by atoms with E-state index < -0.39 is 0 Å². The van der Waals surface area contributed by atoms with Crippen LogP contribution in [0.2, 0.25) is 0 Å². The number of thiocarbonyl (C=S) groups is 1. The second-order valence-corrected chi connectivity index (χ2v) is 5.70. The van der Waals surface area contributed by atoms with Crippen LogP contribution in [0.3, 0.4) is 0 Å². The minimum Gasteiger partial charge on any atom is -0.507 e. The number of nitrogens with one attached hydrogen (secondary N) is 1. The predicted molar refractivity (Wildman–Crippen MR) is 91.0 cm³/mol. The van der Waals surface area contributed by atoms with Crippen LogP contribution in [0.4, 0.5) is 4.79 Å². The van der Waals surface area contributed by atoms with Crippen LogP contribution in [-0.4, -0.2) is 62.7 Å². The molecule has 2 heterocycles. The fourth-order valence-electron chi connectivity index (χ4n) is 2.96. The van der Waals surface area contributed by atoms with Crippen molar-refractivity contribution in [3.8, 4) is 5.75 Å². The number of nitrogens with zero attached hydrogens (tertiary/aromatic N) is 4. The van der Waals surface area contributed by atoms with Crippen molar-refractivity contribution in [2.24, 2.45) is 5.10 Å². The first kappa shape index (κ1) is 15.5. The molecule has 0 saturated carbocycles. The highest BCUT2D eigenvalue weighted by Crippen LogP contribution is 2.29. The maximum absolute atomic E-state index is 12.4. The molecule has 3 rings (SSSR count). The molecule has 8 heteroatoms. The van der Waals surface area contributed by atoms with E-state index in [0.29, 0.717) is 23.8 Å². The van der Waals surface area contributed by atoms with Crippen molar-refractivity contribution >= 4 is 29.6 Å². The second kappa shape index (κ2) is 6.04. The van der Waals surface area contributed by atoms with Crippen molar-refractivity contribution in [1.82, 2.24) is 20.1 Å². The van der Waals surface area contributed by atoms with Crippen LogP contribution < -0.4 is 5.32 Å². The summed E-state index contributed by atoms with van der Waals surface area (Å²) in [6, 6.07) is 6.90. The molecule has 0 aromatic heterocycles. The zero-order valence-corrected chi connectivity index (χ0v) is 13.8. The third-order valence-electron chi connectivity index (χ3n) is 4.10. The lowest BCUT2D eigenvalue weighted by Gasteiger charge is -2.25. The number of aromatic hydroxyl groups is 1. The lowest BCUT2D eigenvalue weighted by atomic mass is 10.2. The summed E-state index contributed by atoms with van der Waals surface area (Å²) >= 11 is 5.36. The number of likely N-dealkylation sites (N-methyl/N-ethyl adjacent to an activating group) is 2. The molecular formula is C15H19N5O2S. The Hall–Kier alpha value is -2.35. The third kappa shape index (κ3) is 2.48. The molecule has 2 unspecified atom stereocenters. The maximum Gasteiger partial charge on any atom is 0.323 e. The molecule has 122 valence electrons. The van der Waals surface area contributed by atoms with Crippen LogP contribution in [0.25, 0.3) is 0 Å². The number of urea groups is 1. The molecule has 2 aliphatic heterocycles. The van der Waals surface area contributed by atoms with Gasteiger partial charge in [0.1, 0.15) is 11.9 Å². The Morgan fingerprint density at radius 1 is 1.30 bits per heavy atom. The quantitative estimate of drug-likeness (QED) is 0.643. The van der Waals surface area contributed by atoms with Crippen molar-refractivity contribution in [2.75, 3.05) is 13.1 Å². The number of hydrogen-bond donors (Lipinski definition) is 2. The summed E-state index contributed by atoms with van der Waals surface area (Å²) < 4.78 is 0. The first-order valence-corrected chi connectivity index (χ1v) is 7.98. The molecule has 0 spiro atoms. The number of rotatable bonds is 4. The molecule has 2 saturated heterocycles. The predicted octanol–water partition coefficient (Wildman–Crippen LogP) is 1.35. The zero-order valence-electron chi connectivity index (χ0n) is 13.0. The molecule has 0 aliphatic carbocycles. The van der Waals surface area contributed by atoms with Crippen LogP contribution in [0.1, 0.15) is 19.4 Å². The number of phenols is 1. The lowest BCUT2D eigenvalue weighted by Crippen LogP contribution is -2.43. The summed E-state index contributed by atoms with van der Waals surface area (Å²) in [6.45, 7) is 5.04. The number of fused-ring (bicyclic) bond motifs is 1. The van der Waals surface area contributed by atoms with E-state index in [2.05, 4.69) is 10.4 Å². The fraction of sp³-hybridized carbons (Fsp3) is 0.400. The third-order valence-corrected chi connectivity index (χ3v) is 4.40. The molecule has 2 atom stereocenters. The fourth-order valence-corrected chi connectivity index (χ4v) is 3.23. The SMILES string of the molecule is CCN1C(=O)N(CC)C2C1NC(=S)N2N=Cc1ccccc1O. The van der Waals surface area contributed by atoms with Gasteiger partial charge in [0.05, 0.1) is 6.21 Å². The highest BCUT2D eigenvalue weighted by Gasteiger charge is 2.53. The van der Waals surface area contributed by atoms with Gasteiger partial charge in [0, 0.05) is 18.7 Å². The molecule has 2 fully saturated rings. The summed E-state index contributed by atoms with van der Waals surface area (Å²) in [7, 11) is 0. The first-order chi connectivity index (χ1) is 11.1. The standard InChI is InChI=1S/C15H19N5O2S/c1-3-18-12-13(19(4-2)15(18)22)20(14(23)17-12)16-9-10-7-5-6-8-11(10)21/h5-9,12-13,21H,3-4H2,1-2H3,(H,17,23). The van der Waals surface area contributed by atoms with E-state index in [1.165, 1.54) is 0 Å². The van der Waals surface area contributed by atoms with Gasteiger partial charge < -0.3 is 15.3 Å². The van der Waals surface area contributed by atoms with Crippen LogP contribution in [0, 0.1) is 0 Å². The van der Waals surface area contributed by atoms with Crippen molar-refractivity contribution in [2.45, 2.75) is 26.2 Å². The van der Waals surface area contributed by atoms with E-state index in [4.69, 9.17) is 12.2 Å². The van der Waals surface area contributed by atoms with E-state index in [1.54, 1.807) is 39.2 Å². The van der Waals surface area contributed by atoms with Crippen LogP contribution in [0.5, 0.6) is 5.75 Å². The zero-order chi connectivity index (χ0) is 16.6. The molecule has 2 N–H and O–H groups in total. The van der Waals surface area contributed by atoms with E-state index in [0.717, 1.165) is 0 Å². The van der Waals surface area contributed by atoms with Gasteiger partial charge in [-0.2, -0.15) is 5.10 Å². The number of amides is 2. The highest BCUT2D eigenvalue weighted by atomic mass is 32.1. The van der Waals surface area contributed by atoms with Crippen LogP contribution in [-0.2, 0) is 0 Å². The van der Waals surface area contributed by atoms with Gasteiger partial charge in [-0.25, -0.2) is 9.80 Å². The van der Waals surface area contributed by atoms with Gasteiger partial charge in [0.25, 0.3) is 0 Å². The van der Waals surface area contributed by atoms with Crippen molar-refractivity contribution in [3.63, 3.8) is 0 Å². The van der Waals surface area contributed by atoms with E-state index in [1.807, 2.05) is 19.9 Å². The average molecular weight is 333 g/mol. The Morgan fingerprint density at radius 3 is 2.65 bits per heavy atom. The normalized spacial score (nSPS) is 23.8. The minimum atomic E-state index is -0.276. The number of hydrogen-bond acceptors (Lipinski definition) is 4. The first-order valence-electron chi connectivity index (χ1n) is 7.57. The molecule has 2 amide bonds. The topological polar surface area (TPSA) is 71.4 Å². The van der Waals surface area contributed by atoms with Gasteiger partial charge in [-0.1, -0.05) is 12.1 Å². The Balaban J connectivity index is 1.89. The molecule has 1 aromatic rings. The average Bonchev–Trinajstić information content (AvgIpc) is 2.98. The van der Waals surface area contributed by atoms with Gasteiger partial charge >= 0.3 is 6.03 Å². The highest BCUT2D eigenvalue weighted by molar-refractivity contribution is 7.80. The molecule has 0 radical (unpaired) electrons. The lowest BCUT2D eigenvalue weighted by molar-refractivity contribution is 0.157. The van der Waals surface area contributed by atoms with Crippen LogP contribution in [0.15, 0.2) is 29.4 Å². The minimum absolute atomic E-state index is 0.0252. The van der Waals surface area contributed by atoms with Gasteiger partial charge in [-0.15, -0.1) is 0 Å². The monoisotopic (exact) mass is 333 g/mol. The summed E-state index contributed by atoms with van der Waals surface area (Å²) in [5, 5.41) is 19.5. The van der Waals surface area contributed by atoms with E-state index >= 15 is 0 Å². The molecule has 23 heavy (non-hydrogen) atoms. The number of hydrazone groups is 1. The summed E-state index contributed by atoms with van der Waals surface area (Å²) in [5.41, 5.74) is 0.596. The number of para-hydroxylation sites is 1. The van der Waals surface area contributed by atoms with Crippen molar-refractivity contribution < 1.29 is 9.90 Å². The van der Waals surface area contributed by atoms with E-state index in [-0.39, 0.29) is 24.1 Å². The van der Waals surface area contributed by atoms with Gasteiger partial charge in [-0.05, 0) is 38.2 Å². The van der Waals surface area contributed by atoms with Crippen LogP contribution >= 0.6 is 12.2 Å². The van der Waals surface area contributed by atoms with Gasteiger partial charge in [0.2, 0.25) is 0 Å². The summed E-state index contributed by atoms with van der Waals surface area (Å²) in [4.78, 5) is 15.9. The summed E-state index contributed by atoms with van der Waals surface area (Å²) in [6.07, 6.45) is 1.07. The van der Waals surface area contributed by atoms with Gasteiger partial charge in [-0.3, -0.25) is 4.90 Å². The Morgan fingerprint density at radius 2 is 2.00 bits per heavy atom. The number of carbonyl (C=O) groups is 1. The maximum atomic E-state index is 12.4. The van der Waals surface area contributed by atoms with Gasteiger partial charge in [0.15, 0.2) is 11.3 Å². The Bertz CT molecular complexity index is 665. The number of carbonyl (C=O) groups excluding carboxylic acids is 1. The molecular weight excluding hydrogens is 314 g/mol. The molecule has 7 nitrogen and oxygen atoms in total. The largest absolute Gasteiger partial charge is 0.507 e. The second-order valence-electron chi connectivity index (χ2n) is 5.31. The Kier molecular flexibility index (Phi) is 4.08. The van der Waals surface area contributed by atoms with E-state index in [9.17, 15) is 9.90 Å². The summed E-state index contributed by atoms with van der Waals surface area (Å²) in [5.74, 6) is 0.149. The van der Waals surface area contributed by atoms with Crippen molar-refractivity contribution in [1.29, 1.82) is 0 Å². The number of benzene rings is 1. The molecule has 2 aliphatic rings. The smallest absolute Gasteiger partial charge is 0.323 e. The molecule has 0 bridgehead atoms. The molecule has 1 aromatic carbocycles.